The quantitative estimate of drug-likeness (QED) is 0.725. The molecule has 0 radical (unpaired) electrons. The first-order valence-corrected chi connectivity index (χ1v) is 4.91. The molecular formula is C10H12N4. The topological polar surface area (TPSA) is 56.7 Å². The molecule has 2 N–H and O–H groups in total. The zero-order valence-electron chi connectivity index (χ0n) is 7.85. The van der Waals surface area contributed by atoms with Crippen molar-refractivity contribution in [1.82, 2.24) is 15.0 Å². The van der Waals surface area contributed by atoms with E-state index >= 15 is 0 Å². The van der Waals surface area contributed by atoms with E-state index in [4.69, 9.17) is 5.73 Å². The molecule has 1 aromatic carbocycles. The summed E-state index contributed by atoms with van der Waals surface area (Å²) in [4.78, 5) is 0. The van der Waals surface area contributed by atoms with E-state index < -0.39 is 0 Å². The maximum absolute atomic E-state index is 5.67. The number of nitrogens with zero attached hydrogens (tertiary/aromatic N) is 3. The SMILES string of the molecule is Nc1ccc2c(c1)nnn2CC1CC1. The Kier molecular flexibility index (Phi) is 1.50. The van der Waals surface area contributed by atoms with Crippen LogP contribution < -0.4 is 5.73 Å². The van der Waals surface area contributed by atoms with E-state index in [9.17, 15) is 0 Å². The van der Waals surface area contributed by atoms with E-state index in [0.29, 0.717) is 0 Å². The number of hydrogen-bond donors (Lipinski definition) is 1. The maximum atomic E-state index is 5.67. The molecule has 0 aliphatic heterocycles. The van der Waals surface area contributed by atoms with Gasteiger partial charge in [0.05, 0.1) is 5.52 Å². The lowest BCUT2D eigenvalue weighted by Gasteiger charge is -1.99. The van der Waals surface area contributed by atoms with Gasteiger partial charge in [0.25, 0.3) is 0 Å². The van der Waals surface area contributed by atoms with Gasteiger partial charge in [0.1, 0.15) is 5.52 Å². The van der Waals surface area contributed by atoms with Crippen molar-refractivity contribution in [2.75, 3.05) is 5.73 Å². The molecule has 0 saturated heterocycles. The minimum atomic E-state index is 0.746. The van der Waals surface area contributed by atoms with Gasteiger partial charge < -0.3 is 5.73 Å². The van der Waals surface area contributed by atoms with Crippen LogP contribution in [0, 0.1) is 5.92 Å². The van der Waals surface area contributed by atoms with Crippen LogP contribution in [0.1, 0.15) is 12.8 Å². The molecule has 0 amide bonds. The molecule has 1 fully saturated rings. The highest BCUT2D eigenvalue weighted by atomic mass is 15.4. The van der Waals surface area contributed by atoms with Crippen molar-refractivity contribution < 1.29 is 0 Å². The summed E-state index contributed by atoms with van der Waals surface area (Å²) in [5.74, 6) is 0.817. The van der Waals surface area contributed by atoms with Crippen molar-refractivity contribution in [1.29, 1.82) is 0 Å². The summed E-state index contributed by atoms with van der Waals surface area (Å²) in [5.41, 5.74) is 8.40. The second-order valence-corrected chi connectivity index (χ2v) is 3.96. The largest absolute Gasteiger partial charge is 0.399 e. The van der Waals surface area contributed by atoms with E-state index in [1.165, 1.54) is 12.8 Å². The lowest BCUT2D eigenvalue weighted by atomic mass is 10.3. The Labute approximate surface area is 81.7 Å². The molecule has 1 aromatic heterocycles. The van der Waals surface area contributed by atoms with Crippen molar-refractivity contribution in [2.45, 2.75) is 19.4 Å². The number of anilines is 1. The Morgan fingerprint density at radius 1 is 1.43 bits per heavy atom. The summed E-state index contributed by atoms with van der Waals surface area (Å²) in [6.45, 7) is 1.00. The average molecular weight is 188 g/mol. The van der Waals surface area contributed by atoms with Crippen molar-refractivity contribution in [3.63, 3.8) is 0 Å². The maximum Gasteiger partial charge on any atom is 0.115 e. The minimum absolute atomic E-state index is 0.746. The summed E-state index contributed by atoms with van der Waals surface area (Å²) in [5, 5.41) is 8.22. The highest BCUT2D eigenvalue weighted by molar-refractivity contribution is 5.77. The molecule has 4 heteroatoms. The Balaban J connectivity index is 2.06. The number of rotatable bonds is 2. The fraction of sp³-hybridized carbons (Fsp3) is 0.400. The Morgan fingerprint density at radius 2 is 2.29 bits per heavy atom. The van der Waals surface area contributed by atoms with E-state index in [0.717, 1.165) is 29.2 Å². The summed E-state index contributed by atoms with van der Waals surface area (Å²) < 4.78 is 1.98. The molecule has 2 aromatic rings. The molecule has 0 atom stereocenters. The molecule has 0 spiro atoms. The number of benzene rings is 1. The van der Waals surface area contributed by atoms with Gasteiger partial charge in [0, 0.05) is 12.2 Å². The molecule has 1 aliphatic carbocycles. The van der Waals surface area contributed by atoms with Crippen molar-refractivity contribution in [2.24, 2.45) is 5.92 Å². The third-order valence-corrected chi connectivity index (χ3v) is 2.67. The van der Waals surface area contributed by atoms with Crippen molar-refractivity contribution in [3.8, 4) is 0 Å². The van der Waals surface area contributed by atoms with E-state index in [-0.39, 0.29) is 0 Å². The van der Waals surface area contributed by atoms with Crippen LogP contribution in [0.3, 0.4) is 0 Å². The van der Waals surface area contributed by atoms with E-state index in [1.54, 1.807) is 0 Å². The lowest BCUT2D eigenvalue weighted by molar-refractivity contribution is 0.559. The smallest absolute Gasteiger partial charge is 0.115 e. The van der Waals surface area contributed by atoms with E-state index in [1.807, 2.05) is 22.9 Å². The van der Waals surface area contributed by atoms with Gasteiger partial charge >= 0.3 is 0 Å². The normalized spacial score (nSPS) is 16.3. The number of nitrogens with two attached hydrogens (primary N) is 1. The average Bonchev–Trinajstić information content (AvgIpc) is 2.89. The third-order valence-electron chi connectivity index (χ3n) is 2.67. The molecule has 4 nitrogen and oxygen atoms in total. The Morgan fingerprint density at radius 3 is 3.07 bits per heavy atom. The van der Waals surface area contributed by atoms with Gasteiger partial charge in [-0.15, -0.1) is 5.10 Å². The van der Waals surface area contributed by atoms with Crippen LogP contribution in [0.15, 0.2) is 18.2 Å². The molecule has 1 heterocycles. The highest BCUT2D eigenvalue weighted by Gasteiger charge is 2.22. The van der Waals surface area contributed by atoms with Gasteiger partial charge in [-0.25, -0.2) is 4.68 Å². The monoisotopic (exact) mass is 188 g/mol. The van der Waals surface area contributed by atoms with Crippen LogP contribution in [-0.4, -0.2) is 15.0 Å². The predicted molar refractivity (Wildman–Crippen MR) is 54.7 cm³/mol. The predicted octanol–water partition coefficient (Wildman–Crippen LogP) is 1.42. The standard InChI is InChI=1S/C10H12N4/c11-8-3-4-10-9(5-8)12-13-14(10)6-7-1-2-7/h3-5,7H,1-2,6,11H2. The first kappa shape index (κ1) is 7.79. The van der Waals surface area contributed by atoms with Gasteiger partial charge in [0.15, 0.2) is 0 Å². The first-order valence-electron chi connectivity index (χ1n) is 4.91. The van der Waals surface area contributed by atoms with Gasteiger partial charge in [-0.1, -0.05) is 5.21 Å². The van der Waals surface area contributed by atoms with Gasteiger partial charge in [0.2, 0.25) is 0 Å². The number of hydrogen-bond acceptors (Lipinski definition) is 3. The summed E-state index contributed by atoms with van der Waals surface area (Å²) in [7, 11) is 0. The van der Waals surface area contributed by atoms with Crippen LogP contribution in [-0.2, 0) is 6.54 Å². The zero-order valence-corrected chi connectivity index (χ0v) is 7.85. The Bertz CT molecular complexity index is 470. The molecule has 0 unspecified atom stereocenters. The number of aromatic nitrogens is 3. The number of nitrogen functional groups attached to an aromatic ring is 1. The second kappa shape index (κ2) is 2.70. The molecular weight excluding hydrogens is 176 g/mol. The van der Waals surface area contributed by atoms with Crippen molar-refractivity contribution >= 4 is 16.7 Å². The zero-order chi connectivity index (χ0) is 9.54. The first-order chi connectivity index (χ1) is 6.83. The molecule has 3 rings (SSSR count). The lowest BCUT2D eigenvalue weighted by Crippen LogP contribution is -2.01. The molecule has 0 bridgehead atoms. The highest BCUT2D eigenvalue weighted by Crippen LogP contribution is 2.31. The van der Waals surface area contributed by atoms with Crippen LogP contribution in [0.2, 0.25) is 0 Å². The minimum Gasteiger partial charge on any atom is -0.399 e. The van der Waals surface area contributed by atoms with Crippen LogP contribution in [0.4, 0.5) is 5.69 Å². The van der Waals surface area contributed by atoms with Crippen molar-refractivity contribution in [3.05, 3.63) is 18.2 Å². The van der Waals surface area contributed by atoms with Gasteiger partial charge in [-0.3, -0.25) is 0 Å². The summed E-state index contributed by atoms with van der Waals surface area (Å²) in [6.07, 6.45) is 2.66. The summed E-state index contributed by atoms with van der Waals surface area (Å²) >= 11 is 0. The summed E-state index contributed by atoms with van der Waals surface area (Å²) in [6, 6.07) is 5.76. The molecule has 14 heavy (non-hydrogen) atoms. The van der Waals surface area contributed by atoms with E-state index in [2.05, 4.69) is 10.3 Å². The van der Waals surface area contributed by atoms with Gasteiger partial charge in [-0.2, -0.15) is 0 Å². The van der Waals surface area contributed by atoms with Crippen LogP contribution >= 0.6 is 0 Å². The Hall–Kier alpha value is -1.58. The van der Waals surface area contributed by atoms with Crippen LogP contribution in [0.25, 0.3) is 11.0 Å². The fourth-order valence-electron chi connectivity index (χ4n) is 1.67. The molecule has 1 saturated carbocycles. The van der Waals surface area contributed by atoms with Gasteiger partial charge in [-0.05, 0) is 37.0 Å². The second-order valence-electron chi connectivity index (χ2n) is 3.96. The van der Waals surface area contributed by atoms with Crippen LogP contribution in [0.5, 0.6) is 0 Å². The molecule has 1 aliphatic rings. The fourth-order valence-corrected chi connectivity index (χ4v) is 1.67. The number of fused-ring (bicyclic) bond motifs is 1. The third kappa shape index (κ3) is 1.23. The molecule has 72 valence electrons.